The largest absolute Gasteiger partial charge is 0.298 e. The van der Waals surface area contributed by atoms with E-state index in [4.69, 9.17) is 0 Å². The first-order valence-corrected chi connectivity index (χ1v) is 10.5. The molecule has 1 atom stereocenters. The van der Waals surface area contributed by atoms with Gasteiger partial charge in [0.2, 0.25) is 10.0 Å². The number of hydrogen-bond donors (Lipinski definition) is 0. The summed E-state index contributed by atoms with van der Waals surface area (Å²) in [6, 6.07) is 22.6. The number of aldehydes is 1. The van der Waals surface area contributed by atoms with Crippen molar-refractivity contribution >= 4 is 32.2 Å². The van der Waals surface area contributed by atoms with Gasteiger partial charge in [-0.3, -0.25) is 4.79 Å². The fourth-order valence-corrected chi connectivity index (χ4v) is 5.01. The summed E-state index contributed by atoms with van der Waals surface area (Å²) < 4.78 is 28.8. The molecule has 3 aromatic rings. The van der Waals surface area contributed by atoms with Crippen LogP contribution in [0, 0.1) is 0 Å². The maximum Gasteiger partial charge on any atom is 0.244 e. The molecule has 0 bridgehead atoms. The number of carbonyl (C=O) groups is 1. The molecule has 0 N–H and O–H groups in total. The van der Waals surface area contributed by atoms with Crippen LogP contribution in [0.15, 0.2) is 88.2 Å². The van der Waals surface area contributed by atoms with Gasteiger partial charge in [-0.05, 0) is 23.3 Å². The number of hydrogen-bond acceptors (Lipinski definition) is 3. The molecule has 0 aliphatic heterocycles. The average molecular weight is 444 g/mol. The molecule has 0 aliphatic carbocycles. The molecular formula is C21H18BrNO3S. The van der Waals surface area contributed by atoms with Gasteiger partial charge >= 0.3 is 0 Å². The van der Waals surface area contributed by atoms with Crippen LogP contribution < -0.4 is 0 Å². The molecule has 0 amide bonds. The van der Waals surface area contributed by atoms with Crippen molar-refractivity contribution in [3.05, 3.63) is 100 Å². The highest BCUT2D eigenvalue weighted by Gasteiger charge is 2.32. The molecule has 0 spiro atoms. The number of benzene rings is 3. The van der Waals surface area contributed by atoms with Gasteiger partial charge in [-0.2, -0.15) is 4.31 Å². The van der Waals surface area contributed by atoms with Crippen LogP contribution in [-0.2, 0) is 10.0 Å². The number of carbonyl (C=O) groups excluding carboxylic acids is 1. The highest BCUT2D eigenvalue weighted by molar-refractivity contribution is 9.10. The molecule has 0 aromatic heterocycles. The molecule has 3 rings (SSSR count). The molecule has 0 radical (unpaired) electrons. The lowest BCUT2D eigenvalue weighted by atomic mass is 9.99. The molecule has 1 unspecified atom stereocenters. The highest BCUT2D eigenvalue weighted by Crippen LogP contribution is 2.36. The second-order valence-corrected chi connectivity index (χ2v) is 8.83. The van der Waals surface area contributed by atoms with Gasteiger partial charge < -0.3 is 0 Å². The predicted molar refractivity (Wildman–Crippen MR) is 109 cm³/mol. The fraction of sp³-hybridized carbons (Fsp3) is 0.0952. The third-order valence-corrected chi connectivity index (χ3v) is 7.00. The van der Waals surface area contributed by atoms with Crippen molar-refractivity contribution in [1.29, 1.82) is 0 Å². The number of nitrogens with zero attached hydrogens (tertiary/aromatic N) is 1. The van der Waals surface area contributed by atoms with Crippen molar-refractivity contribution in [2.45, 2.75) is 10.9 Å². The second kappa shape index (κ2) is 8.17. The van der Waals surface area contributed by atoms with Crippen LogP contribution in [0.3, 0.4) is 0 Å². The van der Waals surface area contributed by atoms with Gasteiger partial charge in [0.15, 0.2) is 6.29 Å². The molecule has 0 heterocycles. The van der Waals surface area contributed by atoms with E-state index in [0.29, 0.717) is 6.29 Å². The summed E-state index contributed by atoms with van der Waals surface area (Å²) in [6.07, 6.45) is 0.566. The van der Waals surface area contributed by atoms with Crippen LogP contribution in [0.5, 0.6) is 0 Å². The summed E-state index contributed by atoms with van der Waals surface area (Å²) in [5.74, 6) is 0. The Morgan fingerprint density at radius 1 is 0.889 bits per heavy atom. The fourth-order valence-electron chi connectivity index (χ4n) is 3.02. The maximum atomic E-state index is 13.4. The molecule has 4 nitrogen and oxygen atoms in total. The first-order chi connectivity index (χ1) is 13.0. The Kier molecular flexibility index (Phi) is 5.89. The maximum absolute atomic E-state index is 13.4. The molecule has 0 aliphatic rings. The summed E-state index contributed by atoms with van der Waals surface area (Å²) in [7, 11) is -2.38. The quantitative estimate of drug-likeness (QED) is 0.520. The van der Waals surface area contributed by atoms with E-state index < -0.39 is 16.1 Å². The zero-order valence-corrected chi connectivity index (χ0v) is 17.0. The standard InChI is InChI=1S/C21H18BrNO3S/c1-23(27(25,26)20-14-8-5-11-17(20)15-24)21(16-9-3-2-4-10-16)18-12-6-7-13-19(18)22/h2-15,21H,1H3. The van der Waals surface area contributed by atoms with Crippen LogP contribution in [0.4, 0.5) is 0 Å². The van der Waals surface area contributed by atoms with Crippen molar-refractivity contribution in [2.75, 3.05) is 7.05 Å². The van der Waals surface area contributed by atoms with Crippen LogP contribution in [0.1, 0.15) is 27.5 Å². The average Bonchev–Trinajstić information content (AvgIpc) is 2.70. The van der Waals surface area contributed by atoms with Crippen LogP contribution >= 0.6 is 15.9 Å². The Morgan fingerprint density at radius 3 is 2.15 bits per heavy atom. The predicted octanol–water partition coefficient (Wildman–Crippen LogP) is 4.67. The van der Waals surface area contributed by atoms with E-state index in [2.05, 4.69) is 15.9 Å². The summed E-state index contributed by atoms with van der Waals surface area (Å²) in [4.78, 5) is 11.4. The van der Waals surface area contributed by atoms with Crippen molar-refractivity contribution in [3.63, 3.8) is 0 Å². The minimum atomic E-state index is -3.91. The van der Waals surface area contributed by atoms with E-state index in [1.807, 2.05) is 54.6 Å². The van der Waals surface area contributed by atoms with Crippen LogP contribution in [0.25, 0.3) is 0 Å². The SMILES string of the molecule is CN(C(c1ccccc1)c1ccccc1Br)S(=O)(=O)c1ccccc1C=O. The first kappa shape index (κ1) is 19.5. The Hall–Kier alpha value is -2.28. The van der Waals surface area contributed by atoms with Crippen LogP contribution in [0.2, 0.25) is 0 Å². The summed E-state index contributed by atoms with van der Waals surface area (Å²) in [5, 5.41) is 0. The first-order valence-electron chi connectivity index (χ1n) is 8.28. The molecule has 6 heteroatoms. The summed E-state index contributed by atoms with van der Waals surface area (Å²) >= 11 is 3.54. The van der Waals surface area contributed by atoms with Gasteiger partial charge in [-0.1, -0.05) is 82.7 Å². The van der Waals surface area contributed by atoms with Crippen LogP contribution in [-0.4, -0.2) is 26.1 Å². The Labute approximate surface area is 167 Å². The second-order valence-electron chi connectivity index (χ2n) is 6.01. The minimum Gasteiger partial charge on any atom is -0.298 e. The molecule has 138 valence electrons. The van der Waals surface area contributed by atoms with Gasteiger partial charge in [0.25, 0.3) is 0 Å². The van der Waals surface area contributed by atoms with Crippen molar-refractivity contribution in [3.8, 4) is 0 Å². The van der Waals surface area contributed by atoms with Gasteiger partial charge in [0, 0.05) is 17.1 Å². The smallest absolute Gasteiger partial charge is 0.244 e. The summed E-state index contributed by atoms with van der Waals surface area (Å²) in [5.41, 5.74) is 1.79. The van der Waals surface area contributed by atoms with Crippen molar-refractivity contribution in [1.82, 2.24) is 4.31 Å². The molecule has 0 saturated carbocycles. The van der Waals surface area contributed by atoms with E-state index >= 15 is 0 Å². The van der Waals surface area contributed by atoms with E-state index in [1.54, 1.807) is 12.1 Å². The van der Waals surface area contributed by atoms with E-state index in [0.717, 1.165) is 15.6 Å². The lowest BCUT2D eigenvalue weighted by molar-refractivity contribution is 0.112. The van der Waals surface area contributed by atoms with Gasteiger partial charge in [0.1, 0.15) is 0 Å². The van der Waals surface area contributed by atoms with Crippen molar-refractivity contribution < 1.29 is 13.2 Å². The normalized spacial score (nSPS) is 12.7. The number of halogens is 1. The van der Waals surface area contributed by atoms with Gasteiger partial charge in [-0.25, -0.2) is 8.42 Å². The number of sulfonamides is 1. The third-order valence-electron chi connectivity index (χ3n) is 4.38. The van der Waals surface area contributed by atoms with E-state index in [9.17, 15) is 13.2 Å². The Morgan fingerprint density at radius 2 is 1.48 bits per heavy atom. The lowest BCUT2D eigenvalue weighted by Crippen LogP contribution is -2.32. The van der Waals surface area contributed by atoms with Gasteiger partial charge in [0.05, 0.1) is 10.9 Å². The topological polar surface area (TPSA) is 54.5 Å². The molecule has 3 aromatic carbocycles. The minimum absolute atomic E-state index is 0.00418. The zero-order valence-electron chi connectivity index (χ0n) is 14.6. The monoisotopic (exact) mass is 443 g/mol. The molecular weight excluding hydrogens is 426 g/mol. The zero-order chi connectivity index (χ0) is 19.4. The Bertz CT molecular complexity index is 1050. The molecule has 0 saturated heterocycles. The molecule has 27 heavy (non-hydrogen) atoms. The van der Waals surface area contributed by atoms with E-state index in [1.165, 1.54) is 23.5 Å². The lowest BCUT2D eigenvalue weighted by Gasteiger charge is -2.29. The summed E-state index contributed by atoms with van der Waals surface area (Å²) in [6.45, 7) is 0. The molecule has 0 fully saturated rings. The van der Waals surface area contributed by atoms with Gasteiger partial charge in [-0.15, -0.1) is 0 Å². The van der Waals surface area contributed by atoms with E-state index in [-0.39, 0.29) is 10.5 Å². The number of rotatable bonds is 6. The highest BCUT2D eigenvalue weighted by atomic mass is 79.9. The Balaban J connectivity index is 2.18. The van der Waals surface area contributed by atoms with Crippen molar-refractivity contribution in [2.24, 2.45) is 0 Å². The third kappa shape index (κ3) is 3.88.